The van der Waals surface area contributed by atoms with Crippen LogP contribution in [0.25, 0.3) is 0 Å². The van der Waals surface area contributed by atoms with Crippen LogP contribution in [0.15, 0.2) is 36.5 Å². The molecule has 0 saturated carbocycles. The molecule has 1 atom stereocenters. The molecule has 120 valence electrons. The Bertz CT molecular complexity index is 754. The third-order valence-corrected chi connectivity index (χ3v) is 3.05. The number of nitrogens with one attached hydrogen (secondary N) is 2. The maximum Gasteiger partial charge on any atom is 0.355 e. The highest BCUT2D eigenvalue weighted by Gasteiger charge is 2.20. The van der Waals surface area contributed by atoms with E-state index in [1.165, 1.54) is 44.3 Å². The van der Waals surface area contributed by atoms with Gasteiger partial charge >= 0.3 is 5.97 Å². The molecule has 1 heterocycles. The maximum atomic E-state index is 13.0. The first-order chi connectivity index (χ1) is 10.9. The van der Waals surface area contributed by atoms with E-state index in [0.29, 0.717) is 5.56 Å². The number of anilines is 1. The standard InChI is InChI=1S/C16H15FN2O4/c1-9(20)11-6-14(18-8-11)16(22)23-10(2)15(21)19-13-5-3-4-12(17)7-13/h3-8,10,18H,1-2H3,(H,19,21)/t10-/m1/s1. The molecule has 6 nitrogen and oxygen atoms in total. The predicted molar refractivity (Wildman–Crippen MR) is 80.7 cm³/mol. The minimum absolute atomic E-state index is 0.0700. The van der Waals surface area contributed by atoms with Crippen molar-refractivity contribution < 1.29 is 23.5 Å². The van der Waals surface area contributed by atoms with Gasteiger partial charge in [-0.25, -0.2) is 9.18 Å². The minimum atomic E-state index is -1.09. The molecule has 0 fully saturated rings. The lowest BCUT2D eigenvalue weighted by Gasteiger charge is -2.13. The Kier molecular flexibility index (Phi) is 4.90. The monoisotopic (exact) mass is 318 g/mol. The van der Waals surface area contributed by atoms with Crippen molar-refractivity contribution in [2.75, 3.05) is 5.32 Å². The Morgan fingerprint density at radius 2 is 2.00 bits per heavy atom. The molecule has 7 heteroatoms. The first-order valence-electron chi connectivity index (χ1n) is 6.83. The van der Waals surface area contributed by atoms with E-state index < -0.39 is 23.8 Å². The number of halogens is 1. The number of carbonyl (C=O) groups is 3. The van der Waals surface area contributed by atoms with Gasteiger partial charge in [-0.1, -0.05) is 6.07 Å². The summed E-state index contributed by atoms with van der Waals surface area (Å²) in [5.74, 6) is -2.05. The van der Waals surface area contributed by atoms with Crippen molar-refractivity contribution in [3.8, 4) is 0 Å². The second-order valence-electron chi connectivity index (χ2n) is 4.91. The predicted octanol–water partition coefficient (Wildman–Crippen LogP) is 2.54. The number of H-pyrrole nitrogens is 1. The molecule has 2 aromatic rings. The zero-order valence-corrected chi connectivity index (χ0v) is 12.6. The van der Waals surface area contributed by atoms with Gasteiger partial charge in [0.1, 0.15) is 11.5 Å². The Labute approximate surface area is 131 Å². The molecule has 0 saturated heterocycles. The van der Waals surface area contributed by atoms with Crippen LogP contribution in [-0.4, -0.2) is 28.7 Å². The van der Waals surface area contributed by atoms with E-state index >= 15 is 0 Å². The van der Waals surface area contributed by atoms with Crippen molar-refractivity contribution in [3.63, 3.8) is 0 Å². The topological polar surface area (TPSA) is 88.3 Å². The highest BCUT2D eigenvalue weighted by atomic mass is 19.1. The SMILES string of the molecule is CC(=O)c1c[nH]c(C(=O)O[C@H](C)C(=O)Nc2cccc(F)c2)c1. The first kappa shape index (κ1) is 16.4. The average molecular weight is 318 g/mol. The zero-order valence-electron chi connectivity index (χ0n) is 12.6. The van der Waals surface area contributed by atoms with Gasteiger partial charge in [0.2, 0.25) is 0 Å². The summed E-state index contributed by atoms with van der Waals surface area (Å²) in [7, 11) is 0. The Hall–Kier alpha value is -2.96. The molecule has 0 aliphatic rings. The fraction of sp³-hybridized carbons (Fsp3) is 0.188. The van der Waals surface area contributed by atoms with E-state index in [1.54, 1.807) is 0 Å². The molecule has 2 N–H and O–H groups in total. The molecule has 0 radical (unpaired) electrons. The van der Waals surface area contributed by atoms with Crippen LogP contribution in [0.4, 0.5) is 10.1 Å². The lowest BCUT2D eigenvalue weighted by molar-refractivity contribution is -0.123. The van der Waals surface area contributed by atoms with Crippen molar-refractivity contribution in [3.05, 3.63) is 53.6 Å². The van der Waals surface area contributed by atoms with Gasteiger partial charge in [0.05, 0.1) is 0 Å². The van der Waals surface area contributed by atoms with Gasteiger partial charge in [-0.15, -0.1) is 0 Å². The summed E-state index contributed by atoms with van der Waals surface area (Å²) in [4.78, 5) is 37.6. The number of hydrogen-bond donors (Lipinski definition) is 2. The highest BCUT2D eigenvalue weighted by Crippen LogP contribution is 2.11. The molecule has 23 heavy (non-hydrogen) atoms. The van der Waals surface area contributed by atoms with Crippen molar-refractivity contribution >= 4 is 23.3 Å². The van der Waals surface area contributed by atoms with Crippen molar-refractivity contribution in [1.29, 1.82) is 0 Å². The number of carbonyl (C=O) groups excluding carboxylic acids is 3. The number of hydrogen-bond acceptors (Lipinski definition) is 4. The van der Waals surface area contributed by atoms with Crippen molar-refractivity contribution in [2.45, 2.75) is 20.0 Å². The minimum Gasteiger partial charge on any atom is -0.448 e. The summed E-state index contributed by atoms with van der Waals surface area (Å²) < 4.78 is 18.1. The molecule has 1 amide bonds. The molecular weight excluding hydrogens is 303 g/mol. The number of ether oxygens (including phenoxy) is 1. The lowest BCUT2D eigenvalue weighted by Crippen LogP contribution is -2.30. The summed E-state index contributed by atoms with van der Waals surface area (Å²) in [5.41, 5.74) is 0.672. The molecule has 0 aliphatic heterocycles. The summed E-state index contributed by atoms with van der Waals surface area (Å²) in [5, 5.41) is 2.44. The molecular formula is C16H15FN2O4. The number of amides is 1. The van der Waals surface area contributed by atoms with Crippen molar-refractivity contribution in [2.24, 2.45) is 0 Å². The van der Waals surface area contributed by atoms with Crippen LogP contribution in [-0.2, 0) is 9.53 Å². The van der Waals surface area contributed by atoms with Crippen LogP contribution in [0.1, 0.15) is 34.7 Å². The van der Waals surface area contributed by atoms with Crippen LogP contribution in [0, 0.1) is 5.82 Å². The van der Waals surface area contributed by atoms with Gasteiger partial charge in [-0.2, -0.15) is 0 Å². The molecule has 1 aromatic heterocycles. The van der Waals surface area contributed by atoms with Gasteiger partial charge in [-0.3, -0.25) is 9.59 Å². The number of benzene rings is 1. The van der Waals surface area contributed by atoms with Crippen LogP contribution >= 0.6 is 0 Å². The first-order valence-corrected chi connectivity index (χ1v) is 6.83. The molecule has 0 bridgehead atoms. The van der Waals surface area contributed by atoms with Gasteiger partial charge in [0.25, 0.3) is 5.91 Å². The molecule has 1 aromatic carbocycles. The van der Waals surface area contributed by atoms with Crippen molar-refractivity contribution in [1.82, 2.24) is 4.98 Å². The summed E-state index contributed by atoms with van der Waals surface area (Å²) in [6.07, 6.45) is 0.297. The quantitative estimate of drug-likeness (QED) is 0.655. The zero-order chi connectivity index (χ0) is 17.0. The van der Waals surface area contributed by atoms with Gasteiger partial charge in [-0.05, 0) is 38.1 Å². The third-order valence-electron chi connectivity index (χ3n) is 3.05. The van der Waals surface area contributed by atoms with Gasteiger partial charge < -0.3 is 15.0 Å². The maximum absolute atomic E-state index is 13.0. The number of esters is 1. The van der Waals surface area contributed by atoms with E-state index in [2.05, 4.69) is 10.3 Å². The van der Waals surface area contributed by atoms with Gasteiger partial charge in [0, 0.05) is 17.4 Å². The number of aromatic amines is 1. The van der Waals surface area contributed by atoms with Crippen LogP contribution in [0.5, 0.6) is 0 Å². The van der Waals surface area contributed by atoms with Crippen LogP contribution in [0.3, 0.4) is 0 Å². The van der Waals surface area contributed by atoms with E-state index in [1.807, 2.05) is 0 Å². The largest absolute Gasteiger partial charge is 0.448 e. The number of Topliss-reactive ketones (excluding diaryl/α,β-unsaturated/α-hetero) is 1. The lowest BCUT2D eigenvalue weighted by atomic mass is 10.2. The van der Waals surface area contributed by atoms with Crippen LogP contribution in [0.2, 0.25) is 0 Å². The Morgan fingerprint density at radius 3 is 2.61 bits per heavy atom. The molecule has 0 spiro atoms. The molecule has 0 aliphatic carbocycles. The molecule has 2 rings (SSSR count). The summed E-state index contributed by atoms with van der Waals surface area (Å²) in [6, 6.07) is 6.71. The average Bonchev–Trinajstić information content (AvgIpc) is 2.97. The molecule has 0 unspecified atom stereocenters. The summed E-state index contributed by atoms with van der Waals surface area (Å²) in [6.45, 7) is 2.76. The second-order valence-corrected chi connectivity index (χ2v) is 4.91. The van der Waals surface area contributed by atoms with E-state index in [4.69, 9.17) is 4.74 Å². The highest BCUT2D eigenvalue weighted by molar-refractivity contribution is 5.99. The fourth-order valence-electron chi connectivity index (χ4n) is 1.80. The summed E-state index contributed by atoms with van der Waals surface area (Å²) >= 11 is 0. The second kappa shape index (κ2) is 6.87. The Morgan fingerprint density at radius 1 is 1.26 bits per heavy atom. The number of aromatic nitrogens is 1. The fourth-order valence-corrected chi connectivity index (χ4v) is 1.80. The van der Waals surface area contributed by atoms with E-state index in [-0.39, 0.29) is 17.2 Å². The van der Waals surface area contributed by atoms with E-state index in [0.717, 1.165) is 6.07 Å². The van der Waals surface area contributed by atoms with Crippen LogP contribution < -0.4 is 5.32 Å². The third kappa shape index (κ3) is 4.26. The smallest absolute Gasteiger partial charge is 0.355 e. The number of ketones is 1. The van der Waals surface area contributed by atoms with Gasteiger partial charge in [0.15, 0.2) is 11.9 Å². The normalized spacial score (nSPS) is 11.6. The van der Waals surface area contributed by atoms with E-state index in [9.17, 15) is 18.8 Å². The Balaban J connectivity index is 1.97. The number of rotatable bonds is 5.